The second-order valence-corrected chi connectivity index (χ2v) is 5.81. The average molecular weight is 348 g/mol. The van der Waals surface area contributed by atoms with E-state index in [2.05, 4.69) is 0 Å². The van der Waals surface area contributed by atoms with Gasteiger partial charge in [-0.15, -0.1) is 0 Å². The molecule has 1 N–H and O–H groups in total. The number of benzene rings is 1. The highest BCUT2D eigenvalue weighted by Crippen LogP contribution is 2.26. The standard InChI is InChI=1S/C17H23F3O4/c1-22-14-6-5-12(11-15(21)17(18,19)20)13(10-14)7-9-24-16-4-2-3-8-23-16/h5-6,10,15-16,21H,2-4,7-9,11H2,1H3. The van der Waals surface area contributed by atoms with E-state index in [9.17, 15) is 18.3 Å². The Morgan fingerprint density at radius 2 is 2.08 bits per heavy atom. The summed E-state index contributed by atoms with van der Waals surface area (Å²) >= 11 is 0. The Kier molecular flexibility index (Phi) is 6.89. The van der Waals surface area contributed by atoms with Gasteiger partial charge in [0, 0.05) is 13.0 Å². The van der Waals surface area contributed by atoms with E-state index < -0.39 is 18.7 Å². The van der Waals surface area contributed by atoms with E-state index in [4.69, 9.17) is 14.2 Å². The van der Waals surface area contributed by atoms with E-state index in [1.165, 1.54) is 7.11 Å². The van der Waals surface area contributed by atoms with Crippen LogP contribution in [0.25, 0.3) is 0 Å². The normalized spacial score (nSPS) is 20.0. The largest absolute Gasteiger partial charge is 0.497 e. The number of hydrogen-bond donors (Lipinski definition) is 1. The average Bonchev–Trinajstić information content (AvgIpc) is 2.56. The second kappa shape index (κ2) is 8.69. The maximum Gasteiger partial charge on any atom is 0.414 e. The van der Waals surface area contributed by atoms with Crippen LogP contribution in [0.5, 0.6) is 5.75 Å². The van der Waals surface area contributed by atoms with E-state index in [0.29, 0.717) is 36.5 Å². The Bertz CT molecular complexity index is 513. The lowest BCUT2D eigenvalue weighted by Crippen LogP contribution is -2.31. The minimum absolute atomic E-state index is 0.242. The van der Waals surface area contributed by atoms with E-state index in [-0.39, 0.29) is 6.29 Å². The molecule has 2 unspecified atom stereocenters. The summed E-state index contributed by atoms with van der Waals surface area (Å²) in [6.07, 6.45) is -4.41. The predicted molar refractivity (Wildman–Crippen MR) is 82.0 cm³/mol. The van der Waals surface area contributed by atoms with E-state index in [1.807, 2.05) is 0 Å². The summed E-state index contributed by atoms with van der Waals surface area (Å²) in [6.45, 7) is 1.01. The lowest BCUT2D eigenvalue weighted by Gasteiger charge is -2.23. The summed E-state index contributed by atoms with van der Waals surface area (Å²) in [5.41, 5.74) is 1.11. The molecule has 136 valence electrons. The number of aliphatic hydroxyl groups excluding tert-OH is 1. The van der Waals surface area contributed by atoms with Gasteiger partial charge in [-0.2, -0.15) is 13.2 Å². The summed E-state index contributed by atoms with van der Waals surface area (Å²) in [5.74, 6) is 0.559. The van der Waals surface area contributed by atoms with E-state index in [0.717, 1.165) is 19.3 Å². The highest BCUT2D eigenvalue weighted by Gasteiger charge is 2.38. The summed E-state index contributed by atoms with van der Waals surface area (Å²) in [7, 11) is 1.50. The molecule has 2 rings (SSSR count). The van der Waals surface area contributed by atoms with Gasteiger partial charge in [0.2, 0.25) is 0 Å². The molecule has 0 aliphatic carbocycles. The minimum Gasteiger partial charge on any atom is -0.497 e. The van der Waals surface area contributed by atoms with Crippen LogP contribution in [0.1, 0.15) is 30.4 Å². The topological polar surface area (TPSA) is 47.9 Å². The first-order valence-electron chi connectivity index (χ1n) is 8.04. The van der Waals surface area contributed by atoms with E-state index in [1.54, 1.807) is 18.2 Å². The maximum absolute atomic E-state index is 12.6. The van der Waals surface area contributed by atoms with Crippen molar-refractivity contribution >= 4 is 0 Å². The summed E-state index contributed by atoms with van der Waals surface area (Å²) in [5, 5.41) is 9.31. The van der Waals surface area contributed by atoms with Crippen LogP contribution in [-0.2, 0) is 22.3 Å². The van der Waals surface area contributed by atoms with Crippen molar-refractivity contribution in [3.8, 4) is 5.75 Å². The molecule has 0 amide bonds. The van der Waals surface area contributed by atoms with Crippen LogP contribution in [0, 0.1) is 0 Å². The molecule has 1 aromatic rings. The van der Waals surface area contributed by atoms with Gasteiger partial charge in [0.15, 0.2) is 12.4 Å². The van der Waals surface area contributed by atoms with Crippen LogP contribution in [0.15, 0.2) is 18.2 Å². The quantitative estimate of drug-likeness (QED) is 0.822. The van der Waals surface area contributed by atoms with Gasteiger partial charge in [-0.05, 0) is 48.9 Å². The SMILES string of the molecule is COc1ccc(CC(O)C(F)(F)F)c(CCOC2CCCCO2)c1. The van der Waals surface area contributed by atoms with Gasteiger partial charge in [-0.3, -0.25) is 0 Å². The molecule has 0 aromatic heterocycles. The van der Waals surface area contributed by atoms with Gasteiger partial charge in [-0.25, -0.2) is 0 Å². The molecule has 0 bridgehead atoms. The maximum atomic E-state index is 12.6. The van der Waals surface area contributed by atoms with Gasteiger partial charge in [-0.1, -0.05) is 6.07 Å². The summed E-state index contributed by atoms with van der Waals surface area (Å²) in [6, 6.07) is 4.83. The van der Waals surface area contributed by atoms with Gasteiger partial charge in [0.25, 0.3) is 0 Å². The fourth-order valence-corrected chi connectivity index (χ4v) is 2.63. The van der Waals surface area contributed by atoms with Crippen LogP contribution in [0.3, 0.4) is 0 Å². The zero-order chi connectivity index (χ0) is 17.6. The highest BCUT2D eigenvalue weighted by atomic mass is 19.4. The van der Waals surface area contributed by atoms with Crippen molar-refractivity contribution in [3.63, 3.8) is 0 Å². The molecule has 1 heterocycles. The van der Waals surface area contributed by atoms with Crippen molar-refractivity contribution in [1.82, 2.24) is 0 Å². The van der Waals surface area contributed by atoms with Crippen LogP contribution in [0.2, 0.25) is 0 Å². The van der Waals surface area contributed by atoms with Gasteiger partial charge < -0.3 is 19.3 Å². The number of rotatable bonds is 7. The van der Waals surface area contributed by atoms with Crippen LogP contribution < -0.4 is 4.74 Å². The molecule has 1 fully saturated rings. The number of methoxy groups -OCH3 is 1. The molecule has 0 saturated carbocycles. The Morgan fingerprint density at radius 3 is 2.71 bits per heavy atom. The van der Waals surface area contributed by atoms with Crippen molar-refractivity contribution in [2.75, 3.05) is 20.3 Å². The third-order valence-electron chi connectivity index (χ3n) is 4.02. The molecule has 4 nitrogen and oxygen atoms in total. The fraction of sp³-hybridized carbons (Fsp3) is 0.647. The Morgan fingerprint density at radius 1 is 1.29 bits per heavy atom. The van der Waals surface area contributed by atoms with Crippen LogP contribution in [0.4, 0.5) is 13.2 Å². The zero-order valence-electron chi connectivity index (χ0n) is 13.6. The van der Waals surface area contributed by atoms with Crippen molar-refractivity contribution in [3.05, 3.63) is 29.3 Å². The molecular formula is C17H23F3O4. The lowest BCUT2D eigenvalue weighted by molar-refractivity contribution is -0.203. The molecule has 0 radical (unpaired) electrons. The second-order valence-electron chi connectivity index (χ2n) is 5.81. The molecule has 1 aliphatic heterocycles. The number of halogens is 3. The summed E-state index contributed by atoms with van der Waals surface area (Å²) < 4.78 is 54.0. The molecule has 1 aromatic carbocycles. The molecule has 7 heteroatoms. The molecule has 2 atom stereocenters. The third-order valence-corrected chi connectivity index (χ3v) is 4.02. The first-order chi connectivity index (χ1) is 11.4. The smallest absolute Gasteiger partial charge is 0.414 e. The molecule has 0 spiro atoms. The minimum atomic E-state index is -4.64. The molecule has 1 aliphatic rings. The Hall–Kier alpha value is -1.31. The number of alkyl halides is 3. The number of aliphatic hydroxyl groups is 1. The monoisotopic (exact) mass is 348 g/mol. The molecule has 24 heavy (non-hydrogen) atoms. The Labute approximate surface area is 139 Å². The highest BCUT2D eigenvalue weighted by molar-refractivity contribution is 5.36. The first-order valence-corrected chi connectivity index (χ1v) is 8.04. The Balaban J connectivity index is 1.99. The number of hydrogen-bond acceptors (Lipinski definition) is 4. The molecule has 1 saturated heterocycles. The predicted octanol–water partition coefficient (Wildman–Crippen LogP) is 3.25. The first kappa shape index (κ1) is 19.0. The fourth-order valence-electron chi connectivity index (χ4n) is 2.63. The number of ether oxygens (including phenoxy) is 3. The van der Waals surface area contributed by atoms with Crippen LogP contribution >= 0.6 is 0 Å². The van der Waals surface area contributed by atoms with Gasteiger partial charge >= 0.3 is 6.18 Å². The third kappa shape index (κ3) is 5.65. The lowest BCUT2D eigenvalue weighted by atomic mass is 9.99. The zero-order valence-corrected chi connectivity index (χ0v) is 13.6. The van der Waals surface area contributed by atoms with Crippen molar-refractivity contribution < 1.29 is 32.5 Å². The van der Waals surface area contributed by atoms with Crippen molar-refractivity contribution in [2.24, 2.45) is 0 Å². The van der Waals surface area contributed by atoms with Crippen LogP contribution in [-0.4, -0.2) is 44.0 Å². The van der Waals surface area contributed by atoms with Gasteiger partial charge in [0.05, 0.1) is 13.7 Å². The summed E-state index contributed by atoms with van der Waals surface area (Å²) in [4.78, 5) is 0. The van der Waals surface area contributed by atoms with E-state index >= 15 is 0 Å². The van der Waals surface area contributed by atoms with Crippen molar-refractivity contribution in [2.45, 2.75) is 50.7 Å². The van der Waals surface area contributed by atoms with Gasteiger partial charge in [0.1, 0.15) is 5.75 Å². The molecular weight excluding hydrogens is 325 g/mol. The van der Waals surface area contributed by atoms with Crippen molar-refractivity contribution in [1.29, 1.82) is 0 Å².